The quantitative estimate of drug-likeness (QED) is 0.704. The Morgan fingerprint density at radius 1 is 1.62 bits per heavy atom. The number of carboxylic acid groups (broad SMARTS) is 1. The van der Waals surface area contributed by atoms with Crippen LogP contribution in [0, 0.1) is 0 Å². The molecule has 0 aliphatic rings. The van der Waals surface area contributed by atoms with Gasteiger partial charge in [0.05, 0.1) is 6.42 Å². The van der Waals surface area contributed by atoms with Crippen molar-refractivity contribution in [3.8, 4) is 0 Å². The van der Waals surface area contributed by atoms with E-state index in [2.05, 4.69) is 4.98 Å². The summed E-state index contributed by atoms with van der Waals surface area (Å²) < 4.78 is 0. The van der Waals surface area contributed by atoms with Crippen molar-refractivity contribution in [1.82, 2.24) is 4.98 Å². The number of rotatable bonds is 4. The third kappa shape index (κ3) is 3.66. The van der Waals surface area contributed by atoms with E-state index in [4.69, 9.17) is 10.8 Å². The van der Waals surface area contributed by atoms with Gasteiger partial charge in [0, 0.05) is 24.4 Å². The molecule has 4 nitrogen and oxygen atoms in total. The first-order valence-electron chi connectivity index (χ1n) is 4.06. The lowest BCUT2D eigenvalue weighted by atomic mass is 10.1. The molecule has 13 heavy (non-hydrogen) atoms. The van der Waals surface area contributed by atoms with Gasteiger partial charge >= 0.3 is 5.97 Å². The number of nitrogens with two attached hydrogens (primary N) is 1. The highest BCUT2D eigenvalue weighted by Crippen LogP contribution is 2.00. The van der Waals surface area contributed by atoms with Crippen LogP contribution in [0.3, 0.4) is 0 Å². The van der Waals surface area contributed by atoms with Crippen LogP contribution in [0.15, 0.2) is 24.4 Å². The summed E-state index contributed by atoms with van der Waals surface area (Å²) in [5.41, 5.74) is 6.42. The van der Waals surface area contributed by atoms with Gasteiger partial charge in [-0.05, 0) is 12.1 Å². The van der Waals surface area contributed by atoms with E-state index in [1.54, 1.807) is 6.20 Å². The fourth-order valence-electron chi connectivity index (χ4n) is 1.08. The lowest BCUT2D eigenvalue weighted by molar-refractivity contribution is -0.137. The molecule has 0 aliphatic carbocycles. The molecule has 0 aromatic carbocycles. The topological polar surface area (TPSA) is 76.2 Å². The maximum atomic E-state index is 10.3. The van der Waals surface area contributed by atoms with Crippen molar-refractivity contribution in [2.24, 2.45) is 5.73 Å². The van der Waals surface area contributed by atoms with Crippen LogP contribution in [0.1, 0.15) is 12.1 Å². The number of carboxylic acids is 1. The third-order valence-corrected chi connectivity index (χ3v) is 1.63. The largest absolute Gasteiger partial charge is 0.481 e. The van der Waals surface area contributed by atoms with Gasteiger partial charge in [-0.15, -0.1) is 0 Å². The minimum Gasteiger partial charge on any atom is -0.481 e. The standard InChI is InChI=1S/C9H12N2O2/c10-7(6-9(12)13)5-8-3-1-2-4-11-8/h1-4,7H,5-6,10H2,(H,12,13)/t7-/m1/s1. The number of aliphatic carboxylic acids is 1. The van der Waals surface area contributed by atoms with Gasteiger partial charge in [0.25, 0.3) is 0 Å². The van der Waals surface area contributed by atoms with Crippen molar-refractivity contribution in [3.63, 3.8) is 0 Å². The molecule has 0 amide bonds. The fourth-order valence-corrected chi connectivity index (χ4v) is 1.08. The van der Waals surface area contributed by atoms with Gasteiger partial charge in [-0.1, -0.05) is 6.07 Å². The zero-order valence-electron chi connectivity index (χ0n) is 7.18. The lowest BCUT2D eigenvalue weighted by Gasteiger charge is -2.06. The Labute approximate surface area is 76.4 Å². The molecule has 1 atom stereocenters. The predicted molar refractivity (Wildman–Crippen MR) is 48.2 cm³/mol. The molecule has 0 bridgehead atoms. The van der Waals surface area contributed by atoms with E-state index in [9.17, 15) is 4.79 Å². The molecule has 0 aliphatic heterocycles. The highest BCUT2D eigenvalue weighted by atomic mass is 16.4. The van der Waals surface area contributed by atoms with Gasteiger partial charge in [0.15, 0.2) is 0 Å². The Balaban J connectivity index is 2.45. The van der Waals surface area contributed by atoms with Gasteiger partial charge in [-0.2, -0.15) is 0 Å². The summed E-state index contributed by atoms with van der Waals surface area (Å²) in [5.74, 6) is -0.872. The van der Waals surface area contributed by atoms with Gasteiger partial charge < -0.3 is 10.8 Å². The Morgan fingerprint density at radius 2 is 2.38 bits per heavy atom. The van der Waals surface area contributed by atoms with Crippen LogP contribution in [-0.4, -0.2) is 22.1 Å². The first kappa shape index (κ1) is 9.67. The van der Waals surface area contributed by atoms with Crippen LogP contribution < -0.4 is 5.73 Å². The SMILES string of the molecule is N[C@@H](CC(=O)O)Cc1ccccn1. The molecule has 0 fully saturated rings. The zero-order valence-corrected chi connectivity index (χ0v) is 7.18. The number of carbonyl (C=O) groups is 1. The maximum absolute atomic E-state index is 10.3. The van der Waals surface area contributed by atoms with Crippen LogP contribution in [0.25, 0.3) is 0 Å². The molecule has 0 unspecified atom stereocenters. The van der Waals surface area contributed by atoms with E-state index in [-0.39, 0.29) is 12.5 Å². The average Bonchev–Trinajstić information content (AvgIpc) is 2.04. The predicted octanol–water partition coefficient (Wildman–Crippen LogP) is 0.426. The average molecular weight is 180 g/mol. The summed E-state index contributed by atoms with van der Waals surface area (Å²) in [7, 11) is 0. The van der Waals surface area contributed by atoms with Gasteiger partial charge in [0.2, 0.25) is 0 Å². The van der Waals surface area contributed by atoms with Gasteiger partial charge in [-0.3, -0.25) is 9.78 Å². The van der Waals surface area contributed by atoms with E-state index >= 15 is 0 Å². The molecule has 0 saturated heterocycles. The Bertz CT molecular complexity index is 274. The van der Waals surface area contributed by atoms with Crippen LogP contribution in [0.5, 0.6) is 0 Å². The van der Waals surface area contributed by atoms with Crippen molar-refractivity contribution in [3.05, 3.63) is 30.1 Å². The minimum atomic E-state index is -0.872. The number of hydrogen-bond acceptors (Lipinski definition) is 3. The normalized spacial score (nSPS) is 12.4. The monoisotopic (exact) mass is 180 g/mol. The van der Waals surface area contributed by atoms with Gasteiger partial charge in [0.1, 0.15) is 0 Å². The molecule has 3 N–H and O–H groups in total. The second-order valence-electron chi connectivity index (χ2n) is 2.88. The highest BCUT2D eigenvalue weighted by Gasteiger charge is 2.08. The van der Waals surface area contributed by atoms with Crippen LogP contribution in [-0.2, 0) is 11.2 Å². The van der Waals surface area contributed by atoms with Crippen LogP contribution >= 0.6 is 0 Å². The third-order valence-electron chi connectivity index (χ3n) is 1.63. The van der Waals surface area contributed by atoms with Crippen molar-refractivity contribution in [2.75, 3.05) is 0 Å². The van der Waals surface area contributed by atoms with Crippen LogP contribution in [0.2, 0.25) is 0 Å². The second-order valence-corrected chi connectivity index (χ2v) is 2.88. The fraction of sp³-hybridized carbons (Fsp3) is 0.333. The Morgan fingerprint density at radius 3 is 2.92 bits per heavy atom. The van der Waals surface area contributed by atoms with Gasteiger partial charge in [-0.25, -0.2) is 0 Å². The number of pyridine rings is 1. The second kappa shape index (κ2) is 4.57. The first-order chi connectivity index (χ1) is 6.18. The Kier molecular flexibility index (Phi) is 3.40. The molecule has 1 rings (SSSR count). The van der Waals surface area contributed by atoms with Crippen molar-refractivity contribution < 1.29 is 9.90 Å². The van der Waals surface area contributed by atoms with E-state index in [0.717, 1.165) is 5.69 Å². The van der Waals surface area contributed by atoms with E-state index < -0.39 is 5.97 Å². The molecule has 1 aromatic heterocycles. The molecule has 1 aromatic rings. The number of aromatic nitrogens is 1. The molecule has 4 heteroatoms. The van der Waals surface area contributed by atoms with Crippen molar-refractivity contribution in [2.45, 2.75) is 18.9 Å². The lowest BCUT2D eigenvalue weighted by Crippen LogP contribution is -2.26. The maximum Gasteiger partial charge on any atom is 0.304 e. The molecule has 0 spiro atoms. The zero-order chi connectivity index (χ0) is 9.68. The Hall–Kier alpha value is -1.42. The van der Waals surface area contributed by atoms with E-state index in [0.29, 0.717) is 6.42 Å². The number of nitrogens with zero attached hydrogens (tertiary/aromatic N) is 1. The summed E-state index contributed by atoms with van der Waals surface area (Å²) >= 11 is 0. The van der Waals surface area contributed by atoms with Crippen molar-refractivity contribution in [1.29, 1.82) is 0 Å². The van der Waals surface area contributed by atoms with E-state index in [1.165, 1.54) is 0 Å². The first-order valence-corrected chi connectivity index (χ1v) is 4.06. The molecular weight excluding hydrogens is 168 g/mol. The summed E-state index contributed by atoms with van der Waals surface area (Å²) in [5, 5.41) is 8.46. The minimum absolute atomic E-state index is 0.0173. The smallest absolute Gasteiger partial charge is 0.304 e. The summed E-state index contributed by atoms with van der Waals surface area (Å²) in [6.45, 7) is 0. The highest BCUT2D eigenvalue weighted by molar-refractivity contribution is 5.67. The van der Waals surface area contributed by atoms with Crippen molar-refractivity contribution >= 4 is 5.97 Å². The molecule has 1 heterocycles. The molecular formula is C9H12N2O2. The van der Waals surface area contributed by atoms with E-state index in [1.807, 2.05) is 18.2 Å². The number of hydrogen-bond donors (Lipinski definition) is 2. The summed E-state index contributed by atoms with van der Waals surface area (Å²) in [6, 6.07) is 5.15. The summed E-state index contributed by atoms with van der Waals surface area (Å²) in [4.78, 5) is 14.4. The van der Waals surface area contributed by atoms with Crippen LogP contribution in [0.4, 0.5) is 0 Å². The molecule has 0 radical (unpaired) electrons. The molecule has 0 saturated carbocycles. The summed E-state index contributed by atoms with van der Waals surface area (Å²) in [6.07, 6.45) is 2.16. The molecule has 70 valence electrons.